The molecule has 11 heavy (non-hydrogen) atoms. The SMILES string of the molecule is Clc1ccccc1C1CC1.[C]. The standard InChI is InChI=1S/C9H9Cl.C/c10-9-4-2-1-3-8(9)7-5-6-7;/h1-4,7H,5-6H2;. The highest BCUT2D eigenvalue weighted by atomic mass is 35.5. The van der Waals surface area contributed by atoms with E-state index in [9.17, 15) is 0 Å². The van der Waals surface area contributed by atoms with Gasteiger partial charge in [-0.15, -0.1) is 0 Å². The molecule has 0 saturated heterocycles. The van der Waals surface area contributed by atoms with Gasteiger partial charge >= 0.3 is 0 Å². The lowest BCUT2D eigenvalue weighted by molar-refractivity contribution is 1.13. The van der Waals surface area contributed by atoms with Gasteiger partial charge in [0.15, 0.2) is 0 Å². The summed E-state index contributed by atoms with van der Waals surface area (Å²) in [4.78, 5) is 0. The Bertz CT molecular complexity index is 238. The summed E-state index contributed by atoms with van der Waals surface area (Å²) in [5.74, 6) is 0.772. The zero-order valence-electron chi connectivity index (χ0n) is 6.18. The smallest absolute Gasteiger partial charge is 0.0440 e. The summed E-state index contributed by atoms with van der Waals surface area (Å²) in [5.41, 5.74) is 1.34. The second-order valence-electron chi connectivity index (χ2n) is 2.80. The van der Waals surface area contributed by atoms with Crippen molar-refractivity contribution in [2.24, 2.45) is 0 Å². The van der Waals surface area contributed by atoms with E-state index < -0.39 is 0 Å². The molecule has 1 fully saturated rings. The van der Waals surface area contributed by atoms with Crippen LogP contribution in [0.4, 0.5) is 0 Å². The summed E-state index contributed by atoms with van der Waals surface area (Å²) in [6.07, 6.45) is 2.65. The van der Waals surface area contributed by atoms with Gasteiger partial charge in [-0.3, -0.25) is 0 Å². The first-order chi connectivity index (χ1) is 4.88. The molecule has 1 aromatic carbocycles. The molecule has 0 bridgehead atoms. The van der Waals surface area contributed by atoms with Crippen molar-refractivity contribution in [1.82, 2.24) is 0 Å². The third-order valence-electron chi connectivity index (χ3n) is 1.92. The normalized spacial score (nSPS) is 15.7. The number of benzene rings is 1. The third-order valence-corrected chi connectivity index (χ3v) is 2.27. The van der Waals surface area contributed by atoms with E-state index >= 15 is 0 Å². The van der Waals surface area contributed by atoms with E-state index in [4.69, 9.17) is 11.6 Å². The van der Waals surface area contributed by atoms with E-state index in [1.54, 1.807) is 0 Å². The van der Waals surface area contributed by atoms with Crippen molar-refractivity contribution in [3.05, 3.63) is 42.3 Å². The van der Waals surface area contributed by atoms with Crippen LogP contribution in [-0.4, -0.2) is 0 Å². The van der Waals surface area contributed by atoms with Gasteiger partial charge in [0, 0.05) is 12.4 Å². The van der Waals surface area contributed by atoms with Crippen LogP contribution in [0.25, 0.3) is 0 Å². The molecule has 56 valence electrons. The van der Waals surface area contributed by atoms with Gasteiger partial charge in [0.2, 0.25) is 0 Å². The Kier molecular flexibility index (Phi) is 2.56. The van der Waals surface area contributed by atoms with Gasteiger partial charge in [0.05, 0.1) is 0 Å². The first-order valence-corrected chi connectivity index (χ1v) is 4.00. The van der Waals surface area contributed by atoms with Crippen molar-refractivity contribution in [2.45, 2.75) is 18.8 Å². The first kappa shape index (κ1) is 8.61. The molecule has 4 radical (unpaired) electrons. The fourth-order valence-electron chi connectivity index (χ4n) is 1.20. The highest BCUT2D eigenvalue weighted by molar-refractivity contribution is 6.31. The number of hydrogen-bond acceptors (Lipinski definition) is 0. The van der Waals surface area contributed by atoms with Crippen molar-refractivity contribution < 1.29 is 0 Å². The predicted molar refractivity (Wildman–Crippen MR) is 46.7 cm³/mol. The lowest BCUT2D eigenvalue weighted by Gasteiger charge is -1.98. The molecule has 1 aliphatic carbocycles. The Hall–Kier alpha value is -0.490. The van der Waals surface area contributed by atoms with Crippen LogP contribution >= 0.6 is 11.6 Å². The fraction of sp³-hybridized carbons (Fsp3) is 0.300. The Morgan fingerprint density at radius 2 is 1.82 bits per heavy atom. The van der Waals surface area contributed by atoms with Crippen molar-refractivity contribution in [1.29, 1.82) is 0 Å². The second kappa shape index (κ2) is 3.27. The van der Waals surface area contributed by atoms with Crippen LogP contribution in [0.15, 0.2) is 24.3 Å². The monoisotopic (exact) mass is 164 g/mol. The van der Waals surface area contributed by atoms with Crippen LogP contribution in [0.5, 0.6) is 0 Å². The van der Waals surface area contributed by atoms with Crippen molar-refractivity contribution in [2.75, 3.05) is 0 Å². The van der Waals surface area contributed by atoms with Crippen LogP contribution in [0.2, 0.25) is 5.02 Å². The quantitative estimate of drug-likeness (QED) is 0.598. The molecule has 1 aromatic rings. The van der Waals surface area contributed by atoms with Crippen LogP contribution < -0.4 is 0 Å². The van der Waals surface area contributed by atoms with Gasteiger partial charge in [-0.2, -0.15) is 0 Å². The van der Waals surface area contributed by atoms with E-state index in [0.717, 1.165) is 10.9 Å². The number of rotatable bonds is 1. The second-order valence-corrected chi connectivity index (χ2v) is 3.20. The molecule has 0 atom stereocenters. The maximum Gasteiger partial charge on any atom is 0.0440 e. The Morgan fingerprint density at radius 1 is 1.18 bits per heavy atom. The molecule has 1 aliphatic rings. The van der Waals surface area contributed by atoms with E-state index in [0.29, 0.717) is 0 Å². The molecular weight excluding hydrogens is 156 g/mol. The van der Waals surface area contributed by atoms with Crippen LogP contribution in [-0.2, 0) is 0 Å². The largest absolute Gasteiger partial charge is 0.0840 e. The van der Waals surface area contributed by atoms with Crippen molar-refractivity contribution in [3.8, 4) is 0 Å². The fourth-order valence-corrected chi connectivity index (χ4v) is 1.49. The molecule has 0 unspecified atom stereocenters. The summed E-state index contributed by atoms with van der Waals surface area (Å²) < 4.78 is 0. The lowest BCUT2D eigenvalue weighted by Crippen LogP contribution is -1.78. The van der Waals surface area contributed by atoms with E-state index in [1.807, 2.05) is 12.1 Å². The van der Waals surface area contributed by atoms with Gasteiger partial charge in [0.1, 0.15) is 0 Å². The Labute approximate surface area is 73.2 Å². The summed E-state index contributed by atoms with van der Waals surface area (Å²) in [6, 6.07) is 8.13. The molecule has 0 aliphatic heterocycles. The molecule has 0 heterocycles. The minimum absolute atomic E-state index is 0. The highest BCUT2D eigenvalue weighted by Gasteiger charge is 2.24. The third kappa shape index (κ3) is 1.75. The zero-order chi connectivity index (χ0) is 6.97. The Balaban J connectivity index is 0.000000605. The number of halogens is 1. The average molecular weight is 165 g/mol. The van der Waals surface area contributed by atoms with Crippen molar-refractivity contribution in [3.63, 3.8) is 0 Å². The molecule has 0 spiro atoms. The molecule has 1 heteroatoms. The highest BCUT2D eigenvalue weighted by Crippen LogP contribution is 2.42. The van der Waals surface area contributed by atoms with Gasteiger partial charge in [-0.05, 0) is 30.4 Å². The average Bonchev–Trinajstić information content (AvgIpc) is 2.71. The van der Waals surface area contributed by atoms with Gasteiger partial charge in [-0.1, -0.05) is 29.8 Å². The van der Waals surface area contributed by atoms with Crippen LogP contribution in [0.3, 0.4) is 0 Å². The maximum absolute atomic E-state index is 5.96. The number of hydrogen-bond donors (Lipinski definition) is 0. The summed E-state index contributed by atoms with van der Waals surface area (Å²) in [5, 5.41) is 0.935. The lowest BCUT2D eigenvalue weighted by atomic mass is 10.1. The van der Waals surface area contributed by atoms with E-state index in [1.165, 1.54) is 18.4 Å². The summed E-state index contributed by atoms with van der Waals surface area (Å²) >= 11 is 5.96. The van der Waals surface area contributed by atoms with Crippen LogP contribution in [0.1, 0.15) is 24.3 Å². The summed E-state index contributed by atoms with van der Waals surface area (Å²) in [6.45, 7) is 0. The topological polar surface area (TPSA) is 0 Å². The molecule has 0 N–H and O–H groups in total. The summed E-state index contributed by atoms with van der Waals surface area (Å²) in [7, 11) is 0. The van der Waals surface area contributed by atoms with Crippen molar-refractivity contribution >= 4 is 11.6 Å². The van der Waals surface area contributed by atoms with E-state index in [-0.39, 0.29) is 7.43 Å². The minimum Gasteiger partial charge on any atom is -0.0840 e. The maximum atomic E-state index is 5.96. The molecule has 0 amide bonds. The van der Waals surface area contributed by atoms with Gasteiger partial charge in [0.25, 0.3) is 0 Å². The zero-order valence-corrected chi connectivity index (χ0v) is 6.93. The van der Waals surface area contributed by atoms with E-state index in [2.05, 4.69) is 12.1 Å². The molecule has 1 saturated carbocycles. The molecule has 0 nitrogen and oxygen atoms in total. The molecule has 0 aromatic heterocycles. The Morgan fingerprint density at radius 3 is 2.36 bits per heavy atom. The molecule has 2 rings (SSSR count). The first-order valence-electron chi connectivity index (χ1n) is 3.62. The van der Waals surface area contributed by atoms with Gasteiger partial charge < -0.3 is 0 Å². The van der Waals surface area contributed by atoms with Crippen LogP contribution in [0, 0.1) is 7.43 Å². The molecular formula is C10H9Cl. The predicted octanol–water partition coefficient (Wildman–Crippen LogP) is 3.30. The van der Waals surface area contributed by atoms with Gasteiger partial charge in [-0.25, -0.2) is 0 Å². The minimum atomic E-state index is 0.